The molecule has 68 heavy (non-hydrogen) atoms. The largest absolute Gasteiger partial charge is 0.509 e. The Morgan fingerprint density at radius 3 is 2.06 bits per heavy atom. The number of hydrogen-bond donors (Lipinski definition) is 4. The average molecular weight is 942 g/mol. The summed E-state index contributed by atoms with van der Waals surface area (Å²) in [6, 6.07) is 23.1. The molecule has 4 aliphatic rings. The molecule has 7 rings (SSSR count). The summed E-state index contributed by atoms with van der Waals surface area (Å²) < 4.78 is 41.3. The number of alkyl carbamates (subject to hydrolysis) is 1. The first-order valence-corrected chi connectivity index (χ1v) is 22.5. The molecule has 1 saturated heterocycles. The molecule has 17 heteroatoms. The van der Waals surface area contributed by atoms with Crippen LogP contribution in [-0.4, -0.2) is 111 Å². The molecule has 17 nitrogen and oxygen atoms in total. The highest BCUT2D eigenvalue weighted by Crippen LogP contribution is 2.64. The second-order valence-corrected chi connectivity index (χ2v) is 19.7. The Labute approximate surface area is 394 Å². The van der Waals surface area contributed by atoms with Gasteiger partial charge < -0.3 is 53.8 Å². The Hall–Kier alpha value is -6.14. The molecule has 0 radical (unpaired) electrons. The van der Waals surface area contributed by atoms with Crippen molar-refractivity contribution in [2.45, 2.75) is 134 Å². The molecular formula is C51H59NO16. The van der Waals surface area contributed by atoms with Crippen molar-refractivity contribution in [1.82, 2.24) is 5.32 Å². The summed E-state index contributed by atoms with van der Waals surface area (Å²) >= 11 is 0. The minimum absolute atomic E-state index is 0.0534. The van der Waals surface area contributed by atoms with Crippen LogP contribution in [0.4, 0.5) is 9.59 Å². The second-order valence-electron chi connectivity index (χ2n) is 19.7. The molecule has 3 aromatic carbocycles. The highest BCUT2D eigenvalue weighted by Gasteiger charge is 2.78. The quantitative estimate of drug-likeness (QED) is 0.104. The fourth-order valence-electron chi connectivity index (χ4n) is 10.5. The molecule has 11 atom stereocenters. The Balaban J connectivity index is 1.36. The molecule has 3 aromatic rings. The SMILES string of the molecule is CC(=O)O[C@@]12CO[C@@H]1C[C@H](O)[C@@]1(C)C(=O)[C@H](O)C3=C(C)[C@@H](OC(=O)[C@H](OC(=O)OCc4ccccc4)[C@@H](NC(=O)OC(C)(C)C)c4ccccc4)C[C@@](O)([C@@H](OC(=O)c4ccccc4)C12)C3(C)C. The van der Waals surface area contributed by atoms with Crippen molar-refractivity contribution in [3.8, 4) is 0 Å². The zero-order valence-corrected chi connectivity index (χ0v) is 39.3. The third-order valence-corrected chi connectivity index (χ3v) is 14.0. The number of aliphatic hydroxyl groups excluding tert-OH is 2. The standard InChI is InChI=1S/C51H59NO16/c1-28-33(64-44(58)39(65-46(60)62-26-30-18-12-9-13-19-30)37(31-20-14-10-15-21-31)52-45(59)68-47(3,4)5)25-51(61)42(66-43(57)32-22-16-11-17-23-32)40-49(8,41(56)38(55)36(28)48(51,6)7)34(54)24-35-50(40,27-63-35)67-29(2)53/h9-23,33-35,37-40,42,54-55,61H,24-27H2,1-8H3,(H,52,59)/t33-,34-,35+,37-,38+,39+,40?,42-,49+,50-,51+/m0/s1. The van der Waals surface area contributed by atoms with Gasteiger partial charge in [0.2, 0.25) is 6.10 Å². The molecule has 2 bridgehead atoms. The lowest BCUT2D eigenvalue weighted by molar-refractivity contribution is -0.346. The molecule has 0 spiro atoms. The number of carbonyl (C=O) groups excluding carboxylic acids is 6. The first-order valence-electron chi connectivity index (χ1n) is 22.5. The van der Waals surface area contributed by atoms with Gasteiger partial charge in [-0.05, 0) is 69.0 Å². The predicted molar refractivity (Wildman–Crippen MR) is 239 cm³/mol. The fourth-order valence-corrected chi connectivity index (χ4v) is 10.5. The zero-order chi connectivity index (χ0) is 49.6. The monoisotopic (exact) mass is 941 g/mol. The van der Waals surface area contributed by atoms with Crippen molar-refractivity contribution in [2.75, 3.05) is 6.61 Å². The van der Waals surface area contributed by atoms with E-state index in [1.165, 1.54) is 39.8 Å². The molecule has 1 amide bonds. The van der Waals surface area contributed by atoms with Gasteiger partial charge in [0, 0.05) is 25.2 Å². The van der Waals surface area contributed by atoms with E-state index in [0.29, 0.717) is 5.56 Å². The maximum Gasteiger partial charge on any atom is 0.509 e. The van der Waals surface area contributed by atoms with E-state index >= 15 is 9.59 Å². The molecule has 4 N–H and O–H groups in total. The highest BCUT2D eigenvalue weighted by molar-refractivity contribution is 5.94. The van der Waals surface area contributed by atoms with E-state index in [1.807, 2.05) is 0 Å². The number of aliphatic hydroxyl groups is 3. The molecule has 1 heterocycles. The normalized spacial score (nSPS) is 30.2. The lowest BCUT2D eigenvalue weighted by Gasteiger charge is -2.67. The molecule has 1 unspecified atom stereocenters. The molecular weight excluding hydrogens is 883 g/mol. The van der Waals surface area contributed by atoms with E-state index in [9.17, 15) is 34.5 Å². The van der Waals surface area contributed by atoms with Crippen LogP contribution < -0.4 is 5.32 Å². The number of fused-ring (bicyclic) bond motifs is 5. The maximum absolute atomic E-state index is 15.2. The van der Waals surface area contributed by atoms with Crippen LogP contribution in [0.3, 0.4) is 0 Å². The Kier molecular flexibility index (Phi) is 13.7. The van der Waals surface area contributed by atoms with E-state index in [2.05, 4.69) is 5.32 Å². The van der Waals surface area contributed by atoms with Gasteiger partial charge in [-0.2, -0.15) is 0 Å². The van der Waals surface area contributed by atoms with Gasteiger partial charge in [-0.3, -0.25) is 9.59 Å². The van der Waals surface area contributed by atoms with Crippen LogP contribution in [0.2, 0.25) is 0 Å². The van der Waals surface area contributed by atoms with Gasteiger partial charge in [0.15, 0.2) is 11.4 Å². The van der Waals surface area contributed by atoms with E-state index < -0.39 is 119 Å². The summed E-state index contributed by atoms with van der Waals surface area (Å²) in [5.74, 6) is -5.53. The highest BCUT2D eigenvalue weighted by atomic mass is 16.7. The number of ether oxygens (including phenoxy) is 7. The van der Waals surface area contributed by atoms with Gasteiger partial charge in [0.1, 0.15) is 48.3 Å². The predicted octanol–water partition coefficient (Wildman–Crippen LogP) is 5.62. The van der Waals surface area contributed by atoms with E-state index in [0.717, 1.165) is 6.92 Å². The van der Waals surface area contributed by atoms with Gasteiger partial charge >= 0.3 is 30.2 Å². The van der Waals surface area contributed by atoms with Crippen LogP contribution in [0, 0.1) is 16.7 Å². The summed E-state index contributed by atoms with van der Waals surface area (Å²) in [7, 11) is 0. The third kappa shape index (κ3) is 9.11. The summed E-state index contributed by atoms with van der Waals surface area (Å²) in [5, 5.41) is 40.7. The first kappa shape index (κ1) is 49.8. The number of benzene rings is 3. The lowest BCUT2D eigenvalue weighted by Crippen LogP contribution is -2.81. The number of Topliss-reactive ketones (excluding diaryl/α,β-unsaturated/α-hetero) is 1. The number of amides is 1. The minimum Gasteiger partial charge on any atom is -0.455 e. The van der Waals surface area contributed by atoms with E-state index in [4.69, 9.17) is 33.2 Å². The Morgan fingerprint density at radius 2 is 1.49 bits per heavy atom. The molecule has 364 valence electrons. The fraction of sp³-hybridized carbons (Fsp3) is 0.490. The topological polar surface area (TPSA) is 240 Å². The number of carbonyl (C=O) groups is 6. The van der Waals surface area contributed by atoms with Gasteiger partial charge in [0.05, 0.1) is 29.6 Å². The van der Waals surface area contributed by atoms with Crippen LogP contribution in [0.15, 0.2) is 102 Å². The van der Waals surface area contributed by atoms with Gasteiger partial charge in [-0.15, -0.1) is 0 Å². The molecule has 1 aliphatic heterocycles. The smallest absolute Gasteiger partial charge is 0.455 e. The van der Waals surface area contributed by atoms with Crippen molar-refractivity contribution in [1.29, 1.82) is 0 Å². The maximum atomic E-state index is 15.2. The minimum atomic E-state index is -2.44. The molecule has 0 aromatic heterocycles. The van der Waals surface area contributed by atoms with Gasteiger partial charge in [-0.1, -0.05) is 92.7 Å². The number of esters is 3. The van der Waals surface area contributed by atoms with Crippen LogP contribution >= 0.6 is 0 Å². The Bertz CT molecular complexity index is 2440. The van der Waals surface area contributed by atoms with Crippen LogP contribution in [0.25, 0.3) is 0 Å². The summed E-state index contributed by atoms with van der Waals surface area (Å²) in [5.41, 5.74) is -8.06. The van der Waals surface area contributed by atoms with Gasteiger partial charge in [-0.25, -0.2) is 19.2 Å². The van der Waals surface area contributed by atoms with Gasteiger partial charge in [0.25, 0.3) is 0 Å². The summed E-state index contributed by atoms with van der Waals surface area (Å²) in [4.78, 5) is 84.6. The van der Waals surface area contributed by atoms with Crippen LogP contribution in [0.1, 0.15) is 95.8 Å². The van der Waals surface area contributed by atoms with Crippen molar-refractivity contribution < 1.29 is 77.2 Å². The number of ketones is 1. The van der Waals surface area contributed by atoms with Crippen molar-refractivity contribution in [3.05, 3.63) is 119 Å². The summed E-state index contributed by atoms with van der Waals surface area (Å²) in [6.07, 6.45) is -13.3. The Morgan fingerprint density at radius 1 is 0.882 bits per heavy atom. The number of hydrogen-bond acceptors (Lipinski definition) is 16. The van der Waals surface area contributed by atoms with E-state index in [-0.39, 0.29) is 41.9 Å². The molecule has 2 saturated carbocycles. The number of rotatable bonds is 11. The van der Waals surface area contributed by atoms with Crippen molar-refractivity contribution in [3.63, 3.8) is 0 Å². The number of nitrogens with one attached hydrogen (secondary N) is 1. The van der Waals surface area contributed by atoms with Crippen molar-refractivity contribution >= 4 is 35.9 Å². The average Bonchev–Trinajstić information content (AvgIpc) is 3.28. The van der Waals surface area contributed by atoms with Crippen molar-refractivity contribution in [2.24, 2.45) is 16.7 Å². The summed E-state index contributed by atoms with van der Waals surface area (Å²) in [6.45, 7) is 11.4. The van der Waals surface area contributed by atoms with Crippen LogP contribution in [-0.2, 0) is 54.1 Å². The first-order chi connectivity index (χ1) is 31.9. The van der Waals surface area contributed by atoms with Crippen LogP contribution in [0.5, 0.6) is 0 Å². The van der Waals surface area contributed by atoms with E-state index in [1.54, 1.807) is 99.6 Å². The molecule has 3 fully saturated rings. The zero-order valence-electron chi connectivity index (χ0n) is 39.3. The third-order valence-electron chi connectivity index (χ3n) is 14.0. The molecule has 3 aliphatic carbocycles. The second kappa shape index (κ2) is 18.7. The lowest BCUT2D eigenvalue weighted by atomic mass is 9.44.